The van der Waals surface area contributed by atoms with Crippen molar-refractivity contribution in [3.8, 4) is 0 Å². The van der Waals surface area contributed by atoms with Gasteiger partial charge < -0.3 is 14.7 Å². The standard InChI is InChI=1S/C11H21NO2/c1-9-6-12(7-11(9)13)4-2-10-3-5-14-8-10/h9-11,13H,2-8H2,1H3. The minimum atomic E-state index is -0.102. The zero-order valence-corrected chi connectivity index (χ0v) is 8.98. The van der Waals surface area contributed by atoms with E-state index < -0.39 is 0 Å². The third-order valence-corrected chi connectivity index (χ3v) is 3.53. The Bertz CT molecular complexity index is 170. The van der Waals surface area contributed by atoms with Crippen molar-refractivity contribution in [3.05, 3.63) is 0 Å². The van der Waals surface area contributed by atoms with Gasteiger partial charge in [0, 0.05) is 26.3 Å². The topological polar surface area (TPSA) is 32.7 Å². The van der Waals surface area contributed by atoms with Crippen LogP contribution in [0, 0.1) is 11.8 Å². The first-order valence-corrected chi connectivity index (χ1v) is 5.74. The van der Waals surface area contributed by atoms with Gasteiger partial charge in [-0.2, -0.15) is 0 Å². The van der Waals surface area contributed by atoms with Crippen molar-refractivity contribution in [3.63, 3.8) is 0 Å². The van der Waals surface area contributed by atoms with Gasteiger partial charge in [-0.15, -0.1) is 0 Å². The van der Waals surface area contributed by atoms with Crippen LogP contribution in [0.1, 0.15) is 19.8 Å². The van der Waals surface area contributed by atoms with E-state index in [1.165, 1.54) is 12.8 Å². The molecule has 2 aliphatic rings. The van der Waals surface area contributed by atoms with Crippen LogP contribution < -0.4 is 0 Å². The van der Waals surface area contributed by atoms with Gasteiger partial charge in [0.1, 0.15) is 0 Å². The number of hydrogen-bond acceptors (Lipinski definition) is 3. The molecule has 1 N–H and O–H groups in total. The van der Waals surface area contributed by atoms with Crippen LogP contribution in [0.15, 0.2) is 0 Å². The Hall–Kier alpha value is -0.120. The van der Waals surface area contributed by atoms with Gasteiger partial charge in [0.2, 0.25) is 0 Å². The van der Waals surface area contributed by atoms with Crippen molar-refractivity contribution in [2.24, 2.45) is 11.8 Å². The molecular weight excluding hydrogens is 178 g/mol. The lowest BCUT2D eigenvalue weighted by atomic mass is 10.1. The summed E-state index contributed by atoms with van der Waals surface area (Å²) in [6.07, 6.45) is 2.36. The fraction of sp³-hybridized carbons (Fsp3) is 1.00. The smallest absolute Gasteiger partial charge is 0.0704 e. The third-order valence-electron chi connectivity index (χ3n) is 3.53. The minimum Gasteiger partial charge on any atom is -0.391 e. The number of aliphatic hydroxyl groups excluding tert-OH is 1. The maximum absolute atomic E-state index is 9.59. The van der Waals surface area contributed by atoms with E-state index in [9.17, 15) is 5.11 Å². The fourth-order valence-corrected chi connectivity index (χ4v) is 2.41. The Kier molecular flexibility index (Phi) is 3.42. The lowest BCUT2D eigenvalue weighted by Gasteiger charge is -2.16. The normalized spacial score (nSPS) is 39.4. The predicted molar refractivity (Wildman–Crippen MR) is 55.2 cm³/mol. The Morgan fingerprint density at radius 3 is 2.86 bits per heavy atom. The number of ether oxygens (including phenoxy) is 1. The van der Waals surface area contributed by atoms with Crippen LogP contribution in [0.3, 0.4) is 0 Å². The quantitative estimate of drug-likeness (QED) is 0.727. The number of likely N-dealkylation sites (tertiary alicyclic amines) is 1. The molecule has 3 nitrogen and oxygen atoms in total. The van der Waals surface area contributed by atoms with Gasteiger partial charge in [0.05, 0.1) is 6.10 Å². The molecule has 14 heavy (non-hydrogen) atoms. The second kappa shape index (κ2) is 4.60. The van der Waals surface area contributed by atoms with Crippen LogP contribution in [-0.4, -0.2) is 49.0 Å². The number of aliphatic hydroxyl groups is 1. The largest absolute Gasteiger partial charge is 0.391 e. The van der Waals surface area contributed by atoms with Crippen LogP contribution >= 0.6 is 0 Å². The maximum atomic E-state index is 9.59. The summed E-state index contributed by atoms with van der Waals surface area (Å²) >= 11 is 0. The molecule has 0 aromatic carbocycles. The van der Waals surface area contributed by atoms with Gasteiger partial charge >= 0.3 is 0 Å². The molecule has 0 saturated carbocycles. The van der Waals surface area contributed by atoms with Crippen molar-refractivity contribution < 1.29 is 9.84 Å². The number of hydrogen-bond donors (Lipinski definition) is 1. The molecule has 3 atom stereocenters. The lowest BCUT2D eigenvalue weighted by Crippen LogP contribution is -2.25. The van der Waals surface area contributed by atoms with Crippen molar-refractivity contribution >= 4 is 0 Å². The van der Waals surface area contributed by atoms with Gasteiger partial charge in [-0.3, -0.25) is 0 Å². The van der Waals surface area contributed by atoms with E-state index in [0.29, 0.717) is 5.92 Å². The molecule has 0 aromatic rings. The first kappa shape index (κ1) is 10.4. The minimum absolute atomic E-state index is 0.102. The van der Waals surface area contributed by atoms with Gasteiger partial charge in [-0.25, -0.2) is 0 Å². The number of β-amino-alcohol motifs (C(OH)–C–C–N with tert-alkyl or cyclic N) is 1. The van der Waals surface area contributed by atoms with Crippen molar-refractivity contribution in [1.82, 2.24) is 4.90 Å². The zero-order chi connectivity index (χ0) is 9.97. The van der Waals surface area contributed by atoms with Gasteiger partial charge in [-0.1, -0.05) is 6.92 Å². The molecule has 2 fully saturated rings. The molecule has 0 amide bonds. The van der Waals surface area contributed by atoms with E-state index in [1.807, 2.05) is 0 Å². The maximum Gasteiger partial charge on any atom is 0.0704 e. The van der Waals surface area contributed by atoms with Gasteiger partial charge in [0.15, 0.2) is 0 Å². The summed E-state index contributed by atoms with van der Waals surface area (Å²) in [5.41, 5.74) is 0. The second-order valence-electron chi connectivity index (χ2n) is 4.82. The molecule has 2 saturated heterocycles. The highest BCUT2D eigenvalue weighted by Gasteiger charge is 2.28. The molecule has 2 aliphatic heterocycles. The molecule has 2 rings (SSSR count). The van der Waals surface area contributed by atoms with E-state index >= 15 is 0 Å². The molecule has 0 spiro atoms. The van der Waals surface area contributed by atoms with E-state index in [0.717, 1.165) is 38.8 Å². The van der Waals surface area contributed by atoms with Crippen LogP contribution in [-0.2, 0) is 4.74 Å². The summed E-state index contributed by atoms with van der Waals surface area (Å²) in [5.74, 6) is 1.22. The van der Waals surface area contributed by atoms with Crippen LogP contribution in [0.25, 0.3) is 0 Å². The van der Waals surface area contributed by atoms with Gasteiger partial charge in [0.25, 0.3) is 0 Å². The first-order chi connectivity index (χ1) is 6.75. The second-order valence-corrected chi connectivity index (χ2v) is 4.82. The van der Waals surface area contributed by atoms with Crippen molar-refractivity contribution in [2.45, 2.75) is 25.9 Å². The molecule has 3 heteroatoms. The SMILES string of the molecule is CC1CN(CCC2CCOC2)CC1O. The van der Waals surface area contributed by atoms with Gasteiger partial charge in [-0.05, 0) is 31.2 Å². The molecular formula is C11H21NO2. The highest BCUT2D eigenvalue weighted by atomic mass is 16.5. The lowest BCUT2D eigenvalue weighted by molar-refractivity contribution is 0.146. The summed E-state index contributed by atoms with van der Waals surface area (Å²) < 4.78 is 5.35. The molecule has 82 valence electrons. The van der Waals surface area contributed by atoms with E-state index in [-0.39, 0.29) is 6.10 Å². The predicted octanol–water partition coefficient (Wildman–Crippen LogP) is 0.726. The Morgan fingerprint density at radius 1 is 1.43 bits per heavy atom. The fourth-order valence-electron chi connectivity index (χ4n) is 2.41. The number of nitrogens with zero attached hydrogens (tertiary/aromatic N) is 1. The Morgan fingerprint density at radius 2 is 2.29 bits per heavy atom. The Balaban J connectivity index is 1.66. The Labute approximate surface area is 86.0 Å². The monoisotopic (exact) mass is 199 g/mol. The van der Waals surface area contributed by atoms with E-state index in [4.69, 9.17) is 4.74 Å². The molecule has 0 aliphatic carbocycles. The highest BCUT2D eigenvalue weighted by Crippen LogP contribution is 2.20. The van der Waals surface area contributed by atoms with E-state index in [1.54, 1.807) is 0 Å². The molecule has 0 aromatic heterocycles. The average Bonchev–Trinajstić information content (AvgIpc) is 2.74. The van der Waals surface area contributed by atoms with E-state index in [2.05, 4.69) is 11.8 Å². The zero-order valence-electron chi connectivity index (χ0n) is 8.98. The summed E-state index contributed by atoms with van der Waals surface area (Å²) in [7, 11) is 0. The molecule has 0 radical (unpaired) electrons. The average molecular weight is 199 g/mol. The third kappa shape index (κ3) is 2.47. The number of rotatable bonds is 3. The highest BCUT2D eigenvalue weighted by molar-refractivity contribution is 4.81. The molecule has 3 unspecified atom stereocenters. The summed E-state index contributed by atoms with van der Waals surface area (Å²) in [6.45, 7) is 7.10. The van der Waals surface area contributed by atoms with Crippen LogP contribution in [0.5, 0.6) is 0 Å². The summed E-state index contributed by atoms with van der Waals surface area (Å²) in [5, 5.41) is 9.59. The molecule has 0 bridgehead atoms. The summed E-state index contributed by atoms with van der Waals surface area (Å²) in [6, 6.07) is 0. The summed E-state index contributed by atoms with van der Waals surface area (Å²) in [4.78, 5) is 2.38. The van der Waals surface area contributed by atoms with Crippen molar-refractivity contribution in [1.29, 1.82) is 0 Å². The van der Waals surface area contributed by atoms with Crippen LogP contribution in [0.2, 0.25) is 0 Å². The first-order valence-electron chi connectivity index (χ1n) is 5.74. The van der Waals surface area contributed by atoms with Crippen molar-refractivity contribution in [2.75, 3.05) is 32.8 Å². The molecule has 2 heterocycles. The van der Waals surface area contributed by atoms with Crippen LogP contribution in [0.4, 0.5) is 0 Å².